The van der Waals surface area contributed by atoms with Gasteiger partial charge >= 0.3 is 0 Å². The molecule has 1 aliphatic carbocycles. The zero-order valence-electron chi connectivity index (χ0n) is 6.71. The van der Waals surface area contributed by atoms with E-state index in [-0.39, 0.29) is 0 Å². The molecule has 1 saturated carbocycles. The van der Waals surface area contributed by atoms with Crippen molar-refractivity contribution < 1.29 is 4.74 Å². The number of methoxy groups -OCH3 is 1. The van der Waals surface area contributed by atoms with Gasteiger partial charge in [-0.25, -0.2) is 0 Å². The SMILES string of the molecule is COC1CC[C@@H](C(C)S)C1. The lowest BCUT2D eigenvalue weighted by Crippen LogP contribution is -2.10. The lowest BCUT2D eigenvalue weighted by Gasteiger charge is -2.12. The molecule has 2 heteroatoms. The molecule has 1 aliphatic rings. The van der Waals surface area contributed by atoms with Crippen LogP contribution < -0.4 is 0 Å². The molecule has 0 saturated heterocycles. The lowest BCUT2D eigenvalue weighted by molar-refractivity contribution is 0.105. The number of ether oxygens (including phenoxy) is 1. The van der Waals surface area contributed by atoms with E-state index in [0.717, 1.165) is 5.92 Å². The number of hydrogen-bond acceptors (Lipinski definition) is 2. The third kappa shape index (κ3) is 1.89. The summed E-state index contributed by atoms with van der Waals surface area (Å²) >= 11 is 4.42. The van der Waals surface area contributed by atoms with Gasteiger partial charge in [0.05, 0.1) is 6.10 Å². The fraction of sp³-hybridized carbons (Fsp3) is 1.00. The maximum Gasteiger partial charge on any atom is 0.0574 e. The lowest BCUT2D eigenvalue weighted by atomic mass is 10.1. The van der Waals surface area contributed by atoms with Crippen molar-refractivity contribution >= 4 is 12.6 Å². The summed E-state index contributed by atoms with van der Waals surface area (Å²) in [6.07, 6.45) is 4.25. The molecule has 10 heavy (non-hydrogen) atoms. The van der Waals surface area contributed by atoms with E-state index < -0.39 is 0 Å². The maximum absolute atomic E-state index is 5.26. The van der Waals surface area contributed by atoms with Gasteiger partial charge in [0.25, 0.3) is 0 Å². The molecule has 0 aromatic heterocycles. The largest absolute Gasteiger partial charge is 0.381 e. The minimum Gasteiger partial charge on any atom is -0.381 e. The van der Waals surface area contributed by atoms with Crippen LogP contribution in [0.5, 0.6) is 0 Å². The van der Waals surface area contributed by atoms with E-state index in [1.54, 1.807) is 7.11 Å². The van der Waals surface area contributed by atoms with E-state index in [1.165, 1.54) is 19.3 Å². The molecule has 0 radical (unpaired) electrons. The highest BCUT2D eigenvalue weighted by Gasteiger charge is 2.26. The van der Waals surface area contributed by atoms with Gasteiger partial charge in [-0.2, -0.15) is 12.6 Å². The molecule has 0 aromatic rings. The van der Waals surface area contributed by atoms with E-state index in [4.69, 9.17) is 4.74 Å². The Morgan fingerprint density at radius 1 is 1.50 bits per heavy atom. The predicted molar refractivity (Wildman–Crippen MR) is 46.6 cm³/mol. The third-order valence-corrected chi connectivity index (χ3v) is 2.86. The molecule has 0 amide bonds. The summed E-state index contributed by atoms with van der Waals surface area (Å²) in [6, 6.07) is 0. The van der Waals surface area contributed by atoms with Crippen LogP contribution in [-0.2, 0) is 4.74 Å². The van der Waals surface area contributed by atoms with Crippen molar-refractivity contribution in [3.05, 3.63) is 0 Å². The average molecular weight is 160 g/mol. The number of thiol groups is 1. The van der Waals surface area contributed by atoms with Gasteiger partial charge in [-0.05, 0) is 25.2 Å². The fourth-order valence-electron chi connectivity index (χ4n) is 1.63. The quantitative estimate of drug-likeness (QED) is 0.609. The molecule has 0 N–H and O–H groups in total. The Balaban J connectivity index is 2.28. The number of rotatable bonds is 2. The highest BCUT2D eigenvalue weighted by atomic mass is 32.1. The normalized spacial score (nSPS) is 36.3. The van der Waals surface area contributed by atoms with Crippen LogP contribution in [0, 0.1) is 5.92 Å². The summed E-state index contributed by atoms with van der Waals surface area (Å²) in [5.41, 5.74) is 0. The van der Waals surface area contributed by atoms with Crippen LogP contribution in [0.25, 0.3) is 0 Å². The van der Waals surface area contributed by atoms with Crippen LogP contribution in [0.15, 0.2) is 0 Å². The van der Waals surface area contributed by atoms with E-state index in [1.807, 2.05) is 0 Å². The van der Waals surface area contributed by atoms with Crippen molar-refractivity contribution in [1.29, 1.82) is 0 Å². The topological polar surface area (TPSA) is 9.23 Å². The van der Waals surface area contributed by atoms with Crippen LogP contribution in [0.4, 0.5) is 0 Å². The fourth-order valence-corrected chi connectivity index (χ4v) is 1.90. The van der Waals surface area contributed by atoms with Crippen molar-refractivity contribution in [2.45, 2.75) is 37.5 Å². The number of hydrogen-bond donors (Lipinski definition) is 1. The molecule has 3 atom stereocenters. The van der Waals surface area contributed by atoms with Gasteiger partial charge in [-0.1, -0.05) is 6.92 Å². The summed E-state index contributed by atoms with van der Waals surface area (Å²) in [6.45, 7) is 2.17. The second-order valence-electron chi connectivity index (χ2n) is 3.17. The van der Waals surface area contributed by atoms with E-state index in [2.05, 4.69) is 19.6 Å². The molecule has 0 aromatic carbocycles. The standard InChI is InChI=1S/C8H16OS/c1-6(10)7-3-4-8(5-7)9-2/h6-8,10H,3-5H2,1-2H3/t6?,7-,8?/m1/s1. The highest BCUT2D eigenvalue weighted by molar-refractivity contribution is 7.80. The predicted octanol–water partition coefficient (Wildman–Crippen LogP) is 2.12. The Morgan fingerprint density at radius 3 is 2.50 bits per heavy atom. The minimum atomic E-state index is 0.514. The molecule has 0 aliphatic heterocycles. The van der Waals surface area contributed by atoms with Crippen LogP contribution in [-0.4, -0.2) is 18.5 Å². The molecule has 1 rings (SSSR count). The third-order valence-electron chi connectivity index (χ3n) is 2.44. The zero-order valence-corrected chi connectivity index (χ0v) is 7.60. The summed E-state index contributed by atoms with van der Waals surface area (Å²) in [7, 11) is 1.80. The monoisotopic (exact) mass is 160 g/mol. The van der Waals surface area contributed by atoms with Gasteiger partial charge in [0.2, 0.25) is 0 Å². The van der Waals surface area contributed by atoms with Gasteiger partial charge in [0, 0.05) is 12.4 Å². The van der Waals surface area contributed by atoms with Crippen LogP contribution in [0.2, 0.25) is 0 Å². The minimum absolute atomic E-state index is 0.514. The van der Waals surface area contributed by atoms with Crippen molar-refractivity contribution in [3.8, 4) is 0 Å². The second kappa shape index (κ2) is 3.63. The zero-order chi connectivity index (χ0) is 7.56. The summed E-state index contributed by atoms with van der Waals surface area (Å²) in [5, 5.41) is 0.542. The summed E-state index contributed by atoms with van der Waals surface area (Å²) in [5.74, 6) is 0.785. The summed E-state index contributed by atoms with van der Waals surface area (Å²) < 4.78 is 5.26. The molecule has 2 unspecified atom stereocenters. The molecule has 1 fully saturated rings. The Kier molecular flexibility index (Phi) is 3.05. The molecule has 0 spiro atoms. The molecule has 60 valence electrons. The molecular weight excluding hydrogens is 144 g/mol. The van der Waals surface area contributed by atoms with Crippen LogP contribution in [0.1, 0.15) is 26.2 Å². The van der Waals surface area contributed by atoms with Crippen molar-refractivity contribution in [1.82, 2.24) is 0 Å². The molecule has 0 heterocycles. The van der Waals surface area contributed by atoms with E-state index in [0.29, 0.717) is 11.4 Å². The van der Waals surface area contributed by atoms with E-state index in [9.17, 15) is 0 Å². The van der Waals surface area contributed by atoms with E-state index >= 15 is 0 Å². The Labute approximate surface area is 68.6 Å². The summed E-state index contributed by atoms with van der Waals surface area (Å²) in [4.78, 5) is 0. The first-order chi connectivity index (χ1) is 4.74. The highest BCUT2D eigenvalue weighted by Crippen LogP contribution is 2.31. The first-order valence-electron chi connectivity index (χ1n) is 3.95. The Bertz CT molecular complexity index is 103. The van der Waals surface area contributed by atoms with Gasteiger partial charge in [0.1, 0.15) is 0 Å². The molecule has 0 bridgehead atoms. The van der Waals surface area contributed by atoms with Gasteiger partial charge in [-0.15, -0.1) is 0 Å². The van der Waals surface area contributed by atoms with Crippen LogP contribution in [0.3, 0.4) is 0 Å². The van der Waals surface area contributed by atoms with Gasteiger partial charge in [0.15, 0.2) is 0 Å². The van der Waals surface area contributed by atoms with Crippen molar-refractivity contribution in [3.63, 3.8) is 0 Å². The Morgan fingerprint density at radius 2 is 2.20 bits per heavy atom. The maximum atomic E-state index is 5.26. The van der Waals surface area contributed by atoms with Crippen molar-refractivity contribution in [2.75, 3.05) is 7.11 Å². The molecular formula is C8H16OS. The Hall–Kier alpha value is 0.310. The molecule has 1 nitrogen and oxygen atoms in total. The average Bonchev–Trinajstić information content (AvgIpc) is 2.34. The smallest absolute Gasteiger partial charge is 0.0574 e. The van der Waals surface area contributed by atoms with Crippen molar-refractivity contribution in [2.24, 2.45) is 5.92 Å². The van der Waals surface area contributed by atoms with Gasteiger partial charge < -0.3 is 4.74 Å². The first-order valence-corrected chi connectivity index (χ1v) is 4.46. The second-order valence-corrected chi connectivity index (χ2v) is 3.99. The first kappa shape index (κ1) is 8.41. The van der Waals surface area contributed by atoms with Crippen LogP contribution >= 0.6 is 12.6 Å². The van der Waals surface area contributed by atoms with Gasteiger partial charge in [-0.3, -0.25) is 0 Å².